The lowest BCUT2D eigenvalue weighted by atomic mass is 10.00. The second-order valence-electron chi connectivity index (χ2n) is 8.19. The highest BCUT2D eigenvalue weighted by Crippen LogP contribution is 2.19. The lowest BCUT2D eigenvalue weighted by Gasteiger charge is -2.21. The molecular formula is C24H29NO5. The van der Waals surface area contributed by atoms with Gasteiger partial charge in [0.15, 0.2) is 0 Å². The van der Waals surface area contributed by atoms with E-state index in [1.54, 1.807) is 20.8 Å². The summed E-state index contributed by atoms with van der Waals surface area (Å²) in [4.78, 5) is 35.5. The minimum absolute atomic E-state index is 0.263. The number of carboxylic acids is 1. The Bertz CT molecular complexity index is 853. The molecule has 1 unspecified atom stereocenters. The molecule has 1 atom stereocenters. The molecule has 2 rings (SSSR count). The highest BCUT2D eigenvalue weighted by Gasteiger charge is 2.27. The monoisotopic (exact) mass is 411 g/mol. The Kier molecular flexibility index (Phi) is 8.16. The summed E-state index contributed by atoms with van der Waals surface area (Å²) >= 11 is 0. The molecule has 6 nitrogen and oxygen atoms in total. The molecule has 0 aliphatic heterocycles. The van der Waals surface area contributed by atoms with Crippen LogP contribution in [-0.4, -0.2) is 35.1 Å². The van der Waals surface area contributed by atoms with Crippen molar-refractivity contribution in [3.05, 3.63) is 60.2 Å². The van der Waals surface area contributed by atoms with Crippen molar-refractivity contribution < 1.29 is 24.2 Å². The Hall–Kier alpha value is -3.15. The van der Waals surface area contributed by atoms with Gasteiger partial charge in [0.1, 0.15) is 5.60 Å². The smallest absolute Gasteiger partial charge is 0.307 e. The molecule has 0 aromatic heterocycles. The summed E-state index contributed by atoms with van der Waals surface area (Å²) in [5, 5.41) is 11.8. The minimum atomic E-state index is -1.13. The topological polar surface area (TPSA) is 92.7 Å². The fraction of sp³-hybridized carbons (Fsp3) is 0.375. The summed E-state index contributed by atoms with van der Waals surface area (Å²) < 4.78 is 5.21. The van der Waals surface area contributed by atoms with E-state index in [-0.39, 0.29) is 6.42 Å². The van der Waals surface area contributed by atoms with Gasteiger partial charge in [-0.05, 0) is 43.9 Å². The number of hydrogen-bond donors (Lipinski definition) is 2. The molecule has 0 radical (unpaired) electrons. The number of carbonyl (C=O) groups excluding carboxylic acids is 2. The first-order valence-corrected chi connectivity index (χ1v) is 10.00. The molecule has 2 N–H and O–H groups in total. The van der Waals surface area contributed by atoms with Crippen molar-refractivity contribution in [2.45, 2.75) is 45.6 Å². The highest BCUT2D eigenvalue weighted by atomic mass is 16.6. The summed E-state index contributed by atoms with van der Waals surface area (Å²) in [6.07, 6.45) is -0.0783. The van der Waals surface area contributed by atoms with E-state index in [1.807, 2.05) is 54.6 Å². The van der Waals surface area contributed by atoms with Crippen LogP contribution in [0.2, 0.25) is 0 Å². The third-order valence-electron chi connectivity index (χ3n) is 4.40. The van der Waals surface area contributed by atoms with E-state index in [0.29, 0.717) is 13.0 Å². The molecule has 0 saturated carbocycles. The van der Waals surface area contributed by atoms with Crippen LogP contribution in [0.3, 0.4) is 0 Å². The average Bonchev–Trinajstić information content (AvgIpc) is 2.67. The minimum Gasteiger partial charge on any atom is -0.481 e. The first-order chi connectivity index (χ1) is 14.1. The number of benzene rings is 2. The number of esters is 1. The van der Waals surface area contributed by atoms with E-state index in [2.05, 4.69) is 5.32 Å². The van der Waals surface area contributed by atoms with E-state index in [4.69, 9.17) is 9.84 Å². The first-order valence-electron chi connectivity index (χ1n) is 10.00. The molecule has 0 saturated heterocycles. The van der Waals surface area contributed by atoms with Gasteiger partial charge in [0.25, 0.3) is 0 Å². The summed E-state index contributed by atoms with van der Waals surface area (Å²) in [6, 6.07) is 18.1. The molecule has 2 aromatic carbocycles. The number of amides is 1. The van der Waals surface area contributed by atoms with Gasteiger partial charge in [0.05, 0.1) is 18.8 Å². The second-order valence-corrected chi connectivity index (χ2v) is 8.19. The summed E-state index contributed by atoms with van der Waals surface area (Å²) in [5.41, 5.74) is 2.61. The maximum Gasteiger partial charge on any atom is 0.307 e. The SMILES string of the molecule is CC(C)(C)OC(=O)CC(CC(=O)O)C(=O)NCCc1ccc(-c2ccccc2)cc1. The van der Waals surface area contributed by atoms with Gasteiger partial charge in [-0.3, -0.25) is 14.4 Å². The quantitative estimate of drug-likeness (QED) is 0.612. The van der Waals surface area contributed by atoms with Gasteiger partial charge < -0.3 is 15.2 Å². The lowest BCUT2D eigenvalue weighted by molar-refractivity contribution is -0.158. The molecular weight excluding hydrogens is 382 g/mol. The maximum atomic E-state index is 12.4. The van der Waals surface area contributed by atoms with Crippen LogP contribution in [0.5, 0.6) is 0 Å². The molecule has 2 aromatic rings. The van der Waals surface area contributed by atoms with Crippen molar-refractivity contribution in [1.82, 2.24) is 5.32 Å². The Morgan fingerprint density at radius 3 is 2.10 bits per heavy atom. The van der Waals surface area contributed by atoms with Gasteiger partial charge in [0.2, 0.25) is 5.91 Å². The molecule has 30 heavy (non-hydrogen) atoms. The molecule has 160 valence electrons. The Balaban J connectivity index is 1.88. The number of carbonyl (C=O) groups is 3. The molecule has 0 bridgehead atoms. The van der Waals surface area contributed by atoms with Crippen molar-refractivity contribution in [3.8, 4) is 11.1 Å². The first kappa shape index (κ1) is 23.1. The molecule has 0 fully saturated rings. The van der Waals surface area contributed by atoms with Crippen LogP contribution < -0.4 is 5.32 Å². The molecule has 0 aliphatic rings. The number of rotatable bonds is 9. The number of aliphatic carboxylic acids is 1. The van der Waals surface area contributed by atoms with Crippen molar-refractivity contribution >= 4 is 17.8 Å². The molecule has 0 aliphatic carbocycles. The maximum absolute atomic E-state index is 12.4. The van der Waals surface area contributed by atoms with Crippen LogP contribution in [0.1, 0.15) is 39.2 Å². The van der Waals surface area contributed by atoms with E-state index >= 15 is 0 Å². The Labute approximate surface area is 177 Å². The van der Waals surface area contributed by atoms with Crippen molar-refractivity contribution in [2.75, 3.05) is 6.54 Å². The number of ether oxygens (including phenoxy) is 1. The Morgan fingerprint density at radius 1 is 0.933 bits per heavy atom. The molecule has 6 heteroatoms. The zero-order chi connectivity index (χ0) is 22.1. The fourth-order valence-corrected chi connectivity index (χ4v) is 3.02. The normalized spacial score (nSPS) is 12.1. The molecule has 0 heterocycles. The standard InChI is InChI=1S/C24H29NO5/c1-24(2,3)30-22(28)16-20(15-21(26)27)23(29)25-14-13-17-9-11-19(12-10-17)18-7-5-4-6-8-18/h4-12,20H,13-16H2,1-3H3,(H,25,29)(H,26,27). The van der Waals surface area contributed by atoms with Crippen LogP contribution in [0.4, 0.5) is 0 Å². The van der Waals surface area contributed by atoms with Crippen LogP contribution in [0.15, 0.2) is 54.6 Å². The lowest BCUT2D eigenvalue weighted by Crippen LogP contribution is -2.36. The van der Waals surface area contributed by atoms with Gasteiger partial charge in [-0.15, -0.1) is 0 Å². The van der Waals surface area contributed by atoms with Gasteiger partial charge in [0, 0.05) is 6.54 Å². The molecule has 0 spiro atoms. The highest BCUT2D eigenvalue weighted by molar-refractivity contribution is 5.87. The third kappa shape index (κ3) is 8.07. The average molecular weight is 411 g/mol. The van der Waals surface area contributed by atoms with Crippen LogP contribution in [-0.2, 0) is 25.5 Å². The van der Waals surface area contributed by atoms with Gasteiger partial charge in [-0.2, -0.15) is 0 Å². The van der Waals surface area contributed by atoms with Gasteiger partial charge in [-0.1, -0.05) is 54.6 Å². The van der Waals surface area contributed by atoms with Crippen molar-refractivity contribution in [3.63, 3.8) is 0 Å². The number of hydrogen-bond acceptors (Lipinski definition) is 4. The van der Waals surface area contributed by atoms with Crippen LogP contribution >= 0.6 is 0 Å². The van der Waals surface area contributed by atoms with E-state index in [0.717, 1.165) is 16.7 Å². The van der Waals surface area contributed by atoms with Gasteiger partial charge >= 0.3 is 11.9 Å². The van der Waals surface area contributed by atoms with Crippen LogP contribution in [0, 0.1) is 5.92 Å². The van der Waals surface area contributed by atoms with E-state index in [9.17, 15) is 14.4 Å². The number of carboxylic acid groups (broad SMARTS) is 1. The second kappa shape index (κ2) is 10.6. The van der Waals surface area contributed by atoms with Crippen molar-refractivity contribution in [1.29, 1.82) is 0 Å². The van der Waals surface area contributed by atoms with Gasteiger partial charge in [-0.25, -0.2) is 0 Å². The van der Waals surface area contributed by atoms with E-state index in [1.165, 1.54) is 0 Å². The summed E-state index contributed by atoms with van der Waals surface area (Å²) in [6.45, 7) is 5.52. The molecule has 1 amide bonds. The zero-order valence-electron chi connectivity index (χ0n) is 17.7. The Morgan fingerprint density at radius 2 is 1.53 bits per heavy atom. The third-order valence-corrected chi connectivity index (χ3v) is 4.40. The van der Waals surface area contributed by atoms with Crippen LogP contribution in [0.25, 0.3) is 11.1 Å². The van der Waals surface area contributed by atoms with Crippen molar-refractivity contribution in [2.24, 2.45) is 5.92 Å². The predicted molar refractivity (Wildman–Crippen MR) is 115 cm³/mol. The predicted octanol–water partition coefficient (Wildman–Crippen LogP) is 3.84. The largest absolute Gasteiger partial charge is 0.481 e. The zero-order valence-corrected chi connectivity index (χ0v) is 17.7. The van der Waals surface area contributed by atoms with E-state index < -0.39 is 35.8 Å². The summed E-state index contributed by atoms with van der Waals surface area (Å²) in [7, 11) is 0. The summed E-state index contributed by atoms with van der Waals surface area (Å²) in [5.74, 6) is -3.13. The number of nitrogens with one attached hydrogen (secondary N) is 1. The fourth-order valence-electron chi connectivity index (χ4n) is 3.02.